The average Bonchev–Trinajstić information content (AvgIpc) is 2.66. The number of carbonyl (C=O) groups is 1. The van der Waals surface area contributed by atoms with E-state index in [0.717, 1.165) is 22.7 Å². The predicted molar refractivity (Wildman–Crippen MR) is 74.4 cm³/mol. The topological polar surface area (TPSA) is 75.4 Å². The summed E-state index contributed by atoms with van der Waals surface area (Å²) in [5, 5.41) is 16.0. The molecule has 2 rings (SSSR count). The summed E-state index contributed by atoms with van der Waals surface area (Å²) >= 11 is 3.24. The van der Waals surface area contributed by atoms with E-state index in [-0.39, 0.29) is 5.56 Å². The summed E-state index contributed by atoms with van der Waals surface area (Å²) < 4.78 is 5.63. The molecule has 0 fully saturated rings. The van der Waals surface area contributed by atoms with Crippen molar-refractivity contribution in [2.24, 2.45) is 0 Å². The van der Waals surface area contributed by atoms with Crippen LogP contribution in [0.4, 0.5) is 5.69 Å². The molecule has 1 aromatic carbocycles. The van der Waals surface area contributed by atoms with Crippen molar-refractivity contribution >= 4 is 27.6 Å². The Bertz CT molecular complexity index is 603. The number of hydrogen-bond donors (Lipinski definition) is 2. The average molecular weight is 325 g/mol. The maximum absolute atomic E-state index is 10.9. The molecule has 0 unspecified atom stereocenters. The van der Waals surface area contributed by atoms with Crippen LogP contribution in [-0.4, -0.2) is 16.2 Å². The third-order valence-corrected chi connectivity index (χ3v) is 3.51. The van der Waals surface area contributed by atoms with Gasteiger partial charge in [-0.25, -0.2) is 4.79 Å². The quantitative estimate of drug-likeness (QED) is 0.901. The van der Waals surface area contributed by atoms with Gasteiger partial charge in [-0.15, -0.1) is 0 Å². The lowest BCUT2D eigenvalue weighted by molar-refractivity contribution is 0.0696. The molecule has 5 nitrogen and oxygen atoms in total. The molecule has 0 aliphatic heterocycles. The first-order chi connectivity index (χ1) is 8.99. The van der Waals surface area contributed by atoms with E-state index in [1.54, 1.807) is 18.2 Å². The Morgan fingerprint density at radius 2 is 2.21 bits per heavy atom. The third kappa shape index (κ3) is 2.96. The summed E-state index contributed by atoms with van der Waals surface area (Å²) in [4.78, 5) is 10.9. The van der Waals surface area contributed by atoms with Gasteiger partial charge in [0.2, 0.25) is 0 Å². The van der Waals surface area contributed by atoms with Crippen molar-refractivity contribution < 1.29 is 14.4 Å². The first kappa shape index (κ1) is 13.6. The van der Waals surface area contributed by atoms with E-state index in [9.17, 15) is 4.79 Å². The maximum atomic E-state index is 10.9. The molecule has 0 spiro atoms. The number of nitrogens with one attached hydrogen (secondary N) is 1. The standard InChI is InChI=1S/C13H13BrN2O3/c1-7-11(8(2)19-16-7)6-15-9-3-4-10(13(17)18)12(14)5-9/h3-5,15H,6H2,1-2H3,(H,17,18). The van der Waals surface area contributed by atoms with E-state index in [1.807, 2.05) is 13.8 Å². The minimum atomic E-state index is -0.954. The van der Waals surface area contributed by atoms with Gasteiger partial charge in [-0.2, -0.15) is 0 Å². The molecule has 19 heavy (non-hydrogen) atoms. The first-order valence-electron chi connectivity index (χ1n) is 5.67. The summed E-state index contributed by atoms with van der Waals surface area (Å²) in [6, 6.07) is 5.02. The Morgan fingerprint density at radius 3 is 2.74 bits per heavy atom. The van der Waals surface area contributed by atoms with Crippen molar-refractivity contribution in [2.75, 3.05) is 5.32 Å². The predicted octanol–water partition coefficient (Wildman–Crippen LogP) is 3.36. The van der Waals surface area contributed by atoms with Crippen LogP contribution in [0.5, 0.6) is 0 Å². The number of nitrogens with zero attached hydrogens (tertiary/aromatic N) is 1. The third-order valence-electron chi connectivity index (χ3n) is 2.85. The van der Waals surface area contributed by atoms with Crippen molar-refractivity contribution in [3.63, 3.8) is 0 Å². The molecule has 0 bridgehead atoms. The summed E-state index contributed by atoms with van der Waals surface area (Å²) in [6.45, 7) is 4.33. The van der Waals surface area contributed by atoms with Gasteiger partial charge in [0.25, 0.3) is 0 Å². The van der Waals surface area contributed by atoms with Crippen LogP contribution in [0.2, 0.25) is 0 Å². The van der Waals surface area contributed by atoms with Crippen LogP contribution in [-0.2, 0) is 6.54 Å². The first-order valence-corrected chi connectivity index (χ1v) is 6.47. The van der Waals surface area contributed by atoms with Crippen molar-refractivity contribution in [2.45, 2.75) is 20.4 Å². The van der Waals surface area contributed by atoms with Gasteiger partial charge in [0.05, 0.1) is 11.3 Å². The smallest absolute Gasteiger partial charge is 0.336 e. The van der Waals surface area contributed by atoms with E-state index in [2.05, 4.69) is 26.4 Å². The van der Waals surface area contributed by atoms with Gasteiger partial charge in [0.1, 0.15) is 5.76 Å². The number of hydrogen-bond acceptors (Lipinski definition) is 4. The largest absolute Gasteiger partial charge is 0.478 e. The highest BCUT2D eigenvalue weighted by Gasteiger charge is 2.10. The lowest BCUT2D eigenvalue weighted by atomic mass is 10.2. The zero-order valence-electron chi connectivity index (χ0n) is 10.5. The zero-order valence-corrected chi connectivity index (χ0v) is 12.1. The Hall–Kier alpha value is -1.82. The molecule has 1 heterocycles. The molecule has 2 aromatic rings. The van der Waals surface area contributed by atoms with Gasteiger partial charge in [0, 0.05) is 22.3 Å². The Balaban J connectivity index is 2.13. The molecule has 0 atom stereocenters. The molecule has 0 radical (unpaired) electrons. The minimum Gasteiger partial charge on any atom is -0.478 e. The maximum Gasteiger partial charge on any atom is 0.336 e. The van der Waals surface area contributed by atoms with E-state index < -0.39 is 5.97 Å². The van der Waals surface area contributed by atoms with Gasteiger partial charge in [-0.05, 0) is 48.0 Å². The van der Waals surface area contributed by atoms with Gasteiger partial charge < -0.3 is 14.9 Å². The zero-order chi connectivity index (χ0) is 14.0. The lowest BCUT2D eigenvalue weighted by Gasteiger charge is -2.07. The van der Waals surface area contributed by atoms with E-state index in [0.29, 0.717) is 11.0 Å². The number of aromatic carboxylic acids is 1. The number of aryl methyl sites for hydroxylation is 2. The van der Waals surface area contributed by atoms with Gasteiger partial charge in [-0.3, -0.25) is 0 Å². The van der Waals surface area contributed by atoms with Gasteiger partial charge in [0.15, 0.2) is 0 Å². The number of halogens is 1. The fraction of sp³-hybridized carbons (Fsp3) is 0.231. The fourth-order valence-corrected chi connectivity index (χ4v) is 2.29. The van der Waals surface area contributed by atoms with Crippen LogP contribution in [0.3, 0.4) is 0 Å². The second-order valence-corrected chi connectivity index (χ2v) is 5.01. The molecular weight excluding hydrogens is 312 g/mol. The minimum absolute atomic E-state index is 0.239. The van der Waals surface area contributed by atoms with E-state index in [1.165, 1.54) is 0 Å². The summed E-state index contributed by atoms with van der Waals surface area (Å²) in [5.74, 6) is -0.171. The van der Waals surface area contributed by atoms with Crippen molar-refractivity contribution in [1.82, 2.24) is 5.16 Å². The van der Waals surface area contributed by atoms with Gasteiger partial charge >= 0.3 is 5.97 Å². The normalized spacial score (nSPS) is 10.5. The molecule has 0 aliphatic carbocycles. The SMILES string of the molecule is Cc1noc(C)c1CNc1ccc(C(=O)O)c(Br)c1. The molecule has 6 heteroatoms. The van der Waals surface area contributed by atoms with Crippen molar-refractivity contribution in [1.29, 1.82) is 0 Å². The Labute approximate surface area is 118 Å². The van der Waals surface area contributed by atoms with Crippen LogP contribution >= 0.6 is 15.9 Å². The monoisotopic (exact) mass is 324 g/mol. The molecule has 0 saturated heterocycles. The van der Waals surface area contributed by atoms with Gasteiger partial charge in [-0.1, -0.05) is 5.16 Å². The molecule has 100 valence electrons. The number of aromatic nitrogens is 1. The number of carboxylic acids is 1. The Kier molecular flexibility index (Phi) is 3.90. The number of rotatable bonds is 4. The second kappa shape index (κ2) is 5.44. The van der Waals surface area contributed by atoms with Crippen LogP contribution in [0.15, 0.2) is 27.2 Å². The number of carboxylic acid groups (broad SMARTS) is 1. The van der Waals surface area contributed by atoms with Crippen molar-refractivity contribution in [3.8, 4) is 0 Å². The van der Waals surface area contributed by atoms with Crippen LogP contribution in [0, 0.1) is 13.8 Å². The summed E-state index contributed by atoms with van der Waals surface area (Å²) in [5.41, 5.74) is 2.93. The highest BCUT2D eigenvalue weighted by atomic mass is 79.9. The highest BCUT2D eigenvalue weighted by molar-refractivity contribution is 9.10. The molecule has 0 saturated carbocycles. The summed E-state index contributed by atoms with van der Waals surface area (Å²) in [7, 11) is 0. The van der Waals surface area contributed by atoms with E-state index >= 15 is 0 Å². The molecule has 0 aliphatic rings. The summed E-state index contributed by atoms with van der Waals surface area (Å²) in [6.07, 6.45) is 0. The molecule has 2 N–H and O–H groups in total. The second-order valence-electron chi connectivity index (χ2n) is 4.16. The number of benzene rings is 1. The lowest BCUT2D eigenvalue weighted by Crippen LogP contribution is -2.03. The van der Waals surface area contributed by atoms with Crippen LogP contribution in [0.1, 0.15) is 27.4 Å². The highest BCUT2D eigenvalue weighted by Crippen LogP contribution is 2.22. The van der Waals surface area contributed by atoms with Crippen molar-refractivity contribution in [3.05, 3.63) is 45.3 Å². The molecular formula is C13H13BrN2O3. The fourth-order valence-electron chi connectivity index (χ4n) is 1.74. The molecule has 0 amide bonds. The molecule has 1 aromatic heterocycles. The Morgan fingerprint density at radius 1 is 1.47 bits per heavy atom. The van der Waals surface area contributed by atoms with Crippen LogP contribution < -0.4 is 5.32 Å². The van der Waals surface area contributed by atoms with Crippen LogP contribution in [0.25, 0.3) is 0 Å². The number of anilines is 1. The van der Waals surface area contributed by atoms with E-state index in [4.69, 9.17) is 9.63 Å².